The van der Waals surface area contributed by atoms with Gasteiger partial charge in [-0.1, -0.05) is 19.3 Å². The molecule has 1 aliphatic carbocycles. The minimum absolute atomic E-state index is 0.382. The van der Waals surface area contributed by atoms with E-state index in [9.17, 15) is 4.79 Å². The van der Waals surface area contributed by atoms with Gasteiger partial charge in [0.05, 0.1) is 0 Å². The quantitative estimate of drug-likeness (QED) is 0.617. The Bertz CT molecular complexity index is 119. The molecule has 0 aliphatic heterocycles. The highest BCUT2D eigenvalue weighted by molar-refractivity contribution is 5.46. The number of nitrogens with one attached hydrogen (secondary N) is 1. The van der Waals surface area contributed by atoms with Crippen molar-refractivity contribution in [1.82, 2.24) is 5.32 Å². The van der Waals surface area contributed by atoms with E-state index in [4.69, 9.17) is 0 Å². The van der Waals surface area contributed by atoms with Crippen molar-refractivity contribution in [3.63, 3.8) is 0 Å². The second kappa shape index (κ2) is 4.37. The molecule has 0 bridgehead atoms. The van der Waals surface area contributed by atoms with Gasteiger partial charge in [-0.25, -0.2) is 0 Å². The van der Waals surface area contributed by atoms with Crippen molar-refractivity contribution in [1.29, 1.82) is 0 Å². The Morgan fingerprint density at radius 2 is 2.00 bits per heavy atom. The van der Waals surface area contributed by atoms with Gasteiger partial charge in [0.1, 0.15) is 0 Å². The highest BCUT2D eigenvalue weighted by Crippen LogP contribution is 2.25. The van der Waals surface area contributed by atoms with Gasteiger partial charge in [-0.2, -0.15) is 0 Å². The van der Waals surface area contributed by atoms with Crippen LogP contribution in [0.3, 0.4) is 0 Å². The Kier molecular flexibility index (Phi) is 3.40. The molecule has 2 heteroatoms. The normalized spacial score (nSPS) is 22.6. The van der Waals surface area contributed by atoms with Crippen molar-refractivity contribution in [3.8, 4) is 0 Å². The van der Waals surface area contributed by atoms with Crippen LogP contribution in [0.1, 0.15) is 39.0 Å². The maximum Gasteiger partial charge on any atom is 0.207 e. The van der Waals surface area contributed by atoms with Crippen LogP contribution in [0.2, 0.25) is 0 Å². The lowest BCUT2D eigenvalue weighted by molar-refractivity contribution is -0.110. The second-order valence-corrected chi connectivity index (χ2v) is 3.47. The number of rotatable bonds is 3. The molecule has 11 heavy (non-hydrogen) atoms. The molecule has 0 aromatic rings. The number of hydrogen-bond acceptors (Lipinski definition) is 1. The van der Waals surface area contributed by atoms with Crippen molar-refractivity contribution < 1.29 is 4.79 Å². The fraction of sp³-hybridized carbons (Fsp3) is 0.889. The van der Waals surface area contributed by atoms with E-state index in [0.29, 0.717) is 6.04 Å². The van der Waals surface area contributed by atoms with Crippen LogP contribution < -0.4 is 5.32 Å². The summed E-state index contributed by atoms with van der Waals surface area (Å²) in [6.45, 7) is 2.10. The third kappa shape index (κ3) is 2.52. The zero-order valence-corrected chi connectivity index (χ0v) is 7.18. The molecular weight excluding hydrogens is 138 g/mol. The number of amides is 1. The van der Waals surface area contributed by atoms with E-state index in [-0.39, 0.29) is 0 Å². The van der Waals surface area contributed by atoms with Gasteiger partial charge in [0.2, 0.25) is 6.41 Å². The number of carbonyl (C=O) groups excluding carboxylic acids is 1. The highest BCUT2D eigenvalue weighted by Gasteiger charge is 2.18. The summed E-state index contributed by atoms with van der Waals surface area (Å²) in [5.41, 5.74) is 0. The minimum atomic E-state index is 0.382. The van der Waals surface area contributed by atoms with Crippen molar-refractivity contribution >= 4 is 6.41 Å². The molecule has 1 aliphatic rings. The largest absolute Gasteiger partial charge is 0.356 e. The fourth-order valence-electron chi connectivity index (χ4n) is 1.88. The van der Waals surface area contributed by atoms with Crippen molar-refractivity contribution in [2.24, 2.45) is 5.92 Å². The Morgan fingerprint density at radius 3 is 2.55 bits per heavy atom. The van der Waals surface area contributed by atoms with Gasteiger partial charge >= 0.3 is 0 Å². The van der Waals surface area contributed by atoms with Crippen LogP contribution in [0.5, 0.6) is 0 Å². The Morgan fingerprint density at radius 1 is 1.36 bits per heavy atom. The predicted octanol–water partition coefficient (Wildman–Crippen LogP) is 1.70. The maximum absolute atomic E-state index is 10.1. The fourth-order valence-corrected chi connectivity index (χ4v) is 1.88. The molecule has 0 aromatic carbocycles. The van der Waals surface area contributed by atoms with E-state index in [0.717, 1.165) is 12.3 Å². The molecule has 0 radical (unpaired) electrons. The zero-order valence-electron chi connectivity index (χ0n) is 7.18. The SMILES string of the molecule is C[C@@H](NC=O)C1CCCCC1. The first-order chi connectivity index (χ1) is 5.34. The second-order valence-electron chi connectivity index (χ2n) is 3.47. The molecule has 1 fully saturated rings. The monoisotopic (exact) mass is 155 g/mol. The van der Waals surface area contributed by atoms with Crippen LogP contribution >= 0.6 is 0 Å². The topological polar surface area (TPSA) is 29.1 Å². The average Bonchev–Trinajstić information content (AvgIpc) is 2.07. The van der Waals surface area contributed by atoms with E-state index < -0.39 is 0 Å². The third-order valence-corrected chi connectivity index (χ3v) is 2.69. The highest BCUT2D eigenvalue weighted by atomic mass is 16.1. The molecule has 0 saturated heterocycles. The Balaban J connectivity index is 2.26. The molecule has 2 nitrogen and oxygen atoms in total. The molecule has 1 rings (SSSR count). The lowest BCUT2D eigenvalue weighted by Crippen LogP contribution is -2.33. The van der Waals surface area contributed by atoms with E-state index >= 15 is 0 Å². The summed E-state index contributed by atoms with van der Waals surface area (Å²) in [7, 11) is 0. The molecule has 0 unspecified atom stereocenters. The standard InChI is InChI=1S/C9H17NO/c1-8(10-7-11)9-5-3-2-4-6-9/h7-9H,2-6H2,1H3,(H,10,11)/t8-/m1/s1. The Labute approximate surface area is 68.4 Å². The minimum Gasteiger partial charge on any atom is -0.356 e. The van der Waals surface area contributed by atoms with Crippen LogP contribution in [0.25, 0.3) is 0 Å². The lowest BCUT2D eigenvalue weighted by atomic mass is 9.85. The average molecular weight is 155 g/mol. The summed E-state index contributed by atoms with van der Waals surface area (Å²) in [6.07, 6.45) is 7.47. The van der Waals surface area contributed by atoms with E-state index in [1.807, 2.05) is 0 Å². The summed E-state index contributed by atoms with van der Waals surface area (Å²) in [4.78, 5) is 10.1. The van der Waals surface area contributed by atoms with Crippen LogP contribution in [0.4, 0.5) is 0 Å². The van der Waals surface area contributed by atoms with E-state index in [1.54, 1.807) is 0 Å². The number of hydrogen-bond donors (Lipinski definition) is 1. The Hall–Kier alpha value is -0.530. The van der Waals surface area contributed by atoms with Crippen LogP contribution in [0, 0.1) is 5.92 Å². The smallest absolute Gasteiger partial charge is 0.207 e. The van der Waals surface area contributed by atoms with E-state index in [2.05, 4.69) is 12.2 Å². The molecule has 1 N–H and O–H groups in total. The van der Waals surface area contributed by atoms with Gasteiger partial charge in [-0.15, -0.1) is 0 Å². The number of carbonyl (C=O) groups is 1. The van der Waals surface area contributed by atoms with E-state index in [1.165, 1.54) is 32.1 Å². The summed E-state index contributed by atoms with van der Waals surface area (Å²) in [6, 6.07) is 0.382. The maximum atomic E-state index is 10.1. The summed E-state index contributed by atoms with van der Waals surface area (Å²) >= 11 is 0. The lowest BCUT2D eigenvalue weighted by Gasteiger charge is -2.26. The molecule has 1 amide bonds. The van der Waals surface area contributed by atoms with Gasteiger partial charge in [0, 0.05) is 6.04 Å². The summed E-state index contributed by atoms with van der Waals surface area (Å²) < 4.78 is 0. The molecule has 64 valence electrons. The summed E-state index contributed by atoms with van der Waals surface area (Å²) in [5.74, 6) is 0.731. The molecule has 0 heterocycles. The molecule has 1 saturated carbocycles. The van der Waals surface area contributed by atoms with Crippen LogP contribution in [0.15, 0.2) is 0 Å². The van der Waals surface area contributed by atoms with Gasteiger partial charge in [0.15, 0.2) is 0 Å². The molecule has 1 atom stereocenters. The first kappa shape index (κ1) is 8.57. The van der Waals surface area contributed by atoms with Crippen molar-refractivity contribution in [2.45, 2.75) is 45.1 Å². The molecular formula is C9H17NO. The van der Waals surface area contributed by atoms with Gasteiger partial charge < -0.3 is 5.32 Å². The molecule has 0 aromatic heterocycles. The van der Waals surface area contributed by atoms with Crippen molar-refractivity contribution in [3.05, 3.63) is 0 Å². The van der Waals surface area contributed by atoms with Crippen LogP contribution in [-0.2, 0) is 4.79 Å². The van der Waals surface area contributed by atoms with Gasteiger partial charge in [-0.3, -0.25) is 4.79 Å². The van der Waals surface area contributed by atoms with Crippen molar-refractivity contribution in [2.75, 3.05) is 0 Å². The van der Waals surface area contributed by atoms with Gasteiger partial charge in [-0.05, 0) is 25.7 Å². The third-order valence-electron chi connectivity index (χ3n) is 2.69. The zero-order chi connectivity index (χ0) is 8.10. The predicted molar refractivity (Wildman–Crippen MR) is 45.2 cm³/mol. The molecule has 0 spiro atoms. The first-order valence-electron chi connectivity index (χ1n) is 4.54. The first-order valence-corrected chi connectivity index (χ1v) is 4.54. The summed E-state index contributed by atoms with van der Waals surface area (Å²) in [5, 5.41) is 2.83. The van der Waals surface area contributed by atoms with Gasteiger partial charge in [0.25, 0.3) is 0 Å². The van der Waals surface area contributed by atoms with Crippen LogP contribution in [-0.4, -0.2) is 12.5 Å².